The molecule has 2 N–H and O–H groups in total. The Hall–Kier alpha value is -2.13. The molecule has 0 spiro atoms. The highest BCUT2D eigenvalue weighted by molar-refractivity contribution is 5.98. The fourth-order valence-corrected chi connectivity index (χ4v) is 2.51. The van der Waals surface area contributed by atoms with Crippen molar-refractivity contribution in [1.29, 1.82) is 0 Å². The lowest BCUT2D eigenvalue weighted by Gasteiger charge is -2.07. The van der Waals surface area contributed by atoms with E-state index in [0.717, 1.165) is 17.5 Å². The van der Waals surface area contributed by atoms with Crippen LogP contribution in [0.5, 0.6) is 0 Å². The minimum Gasteiger partial charge on any atom is -0.290 e. The van der Waals surface area contributed by atoms with Crippen molar-refractivity contribution in [2.75, 3.05) is 7.05 Å². The van der Waals surface area contributed by atoms with E-state index in [1.54, 1.807) is 7.05 Å². The van der Waals surface area contributed by atoms with Crippen molar-refractivity contribution in [3.05, 3.63) is 59.7 Å². The summed E-state index contributed by atoms with van der Waals surface area (Å²) in [5.74, 6) is 0.470. The van der Waals surface area contributed by atoms with Crippen molar-refractivity contribution in [3.63, 3.8) is 0 Å². The topological polar surface area (TPSA) is 44.6 Å². The average Bonchev–Trinajstić information content (AvgIpc) is 2.58. The van der Waals surface area contributed by atoms with Crippen LogP contribution in [0, 0.1) is 0 Å². The zero-order valence-electron chi connectivity index (χ0n) is 13.3. The van der Waals surface area contributed by atoms with Gasteiger partial charge in [-0.3, -0.25) is 15.7 Å². The third-order valence-electron chi connectivity index (χ3n) is 3.84. The molecule has 0 atom stereocenters. The third-order valence-corrected chi connectivity index (χ3v) is 3.84. The van der Waals surface area contributed by atoms with Crippen LogP contribution in [0.15, 0.2) is 53.5 Å². The SMILES string of the molecule is CCCCCc1ccc(-c2ccc(C(=NC)NO)cc2)cc1. The van der Waals surface area contributed by atoms with E-state index in [1.807, 2.05) is 24.3 Å². The lowest BCUT2D eigenvalue weighted by molar-refractivity contribution is 0.235. The molecule has 3 nitrogen and oxygen atoms in total. The second-order valence-electron chi connectivity index (χ2n) is 5.42. The zero-order valence-corrected chi connectivity index (χ0v) is 13.3. The van der Waals surface area contributed by atoms with E-state index in [2.05, 4.69) is 41.7 Å². The molecule has 2 rings (SSSR count). The van der Waals surface area contributed by atoms with Crippen LogP contribution in [0.2, 0.25) is 0 Å². The van der Waals surface area contributed by atoms with Gasteiger partial charge in [-0.05, 0) is 29.5 Å². The lowest BCUT2D eigenvalue weighted by atomic mass is 10.0. The van der Waals surface area contributed by atoms with E-state index < -0.39 is 0 Å². The first-order chi connectivity index (χ1) is 10.8. The quantitative estimate of drug-likeness (QED) is 0.358. The second-order valence-corrected chi connectivity index (χ2v) is 5.42. The Labute approximate surface area is 132 Å². The number of amidine groups is 1. The molecule has 0 bridgehead atoms. The van der Waals surface area contributed by atoms with Crippen LogP contribution < -0.4 is 5.48 Å². The highest BCUT2D eigenvalue weighted by Gasteiger charge is 2.03. The van der Waals surface area contributed by atoms with E-state index in [4.69, 9.17) is 5.21 Å². The maximum Gasteiger partial charge on any atom is 0.151 e. The number of aryl methyl sites for hydroxylation is 1. The summed E-state index contributed by atoms with van der Waals surface area (Å²) in [6, 6.07) is 16.8. The van der Waals surface area contributed by atoms with Crippen LogP contribution >= 0.6 is 0 Å². The van der Waals surface area contributed by atoms with Gasteiger partial charge in [-0.15, -0.1) is 0 Å². The largest absolute Gasteiger partial charge is 0.290 e. The molecule has 0 saturated carbocycles. The van der Waals surface area contributed by atoms with Gasteiger partial charge in [0.15, 0.2) is 5.84 Å². The standard InChI is InChI=1S/C19H24N2O/c1-3-4-5-6-15-7-9-16(10-8-15)17-11-13-18(14-12-17)19(20-2)21-22/h7-14,22H,3-6H2,1-2H3,(H,20,21). The molecule has 0 saturated heterocycles. The van der Waals surface area contributed by atoms with Crippen molar-refractivity contribution >= 4 is 5.84 Å². The Morgan fingerprint density at radius 1 is 0.955 bits per heavy atom. The van der Waals surface area contributed by atoms with Gasteiger partial charge in [0, 0.05) is 12.6 Å². The highest BCUT2D eigenvalue weighted by Crippen LogP contribution is 2.21. The van der Waals surface area contributed by atoms with E-state index in [0.29, 0.717) is 5.84 Å². The maximum atomic E-state index is 9.00. The number of nitrogens with one attached hydrogen (secondary N) is 1. The van der Waals surface area contributed by atoms with Gasteiger partial charge in [0.1, 0.15) is 0 Å². The molecule has 0 amide bonds. The molecule has 0 aliphatic rings. The molecule has 0 aromatic heterocycles. The molecule has 0 aliphatic carbocycles. The maximum absolute atomic E-state index is 9.00. The molecule has 0 radical (unpaired) electrons. The normalized spacial score (nSPS) is 11.5. The monoisotopic (exact) mass is 296 g/mol. The predicted octanol–water partition coefficient (Wildman–Crippen LogP) is 4.44. The number of rotatable bonds is 6. The fourth-order valence-electron chi connectivity index (χ4n) is 2.51. The number of hydrogen-bond acceptors (Lipinski definition) is 2. The summed E-state index contributed by atoms with van der Waals surface area (Å²) in [4.78, 5) is 3.98. The molecule has 0 fully saturated rings. The zero-order chi connectivity index (χ0) is 15.8. The molecule has 116 valence electrons. The van der Waals surface area contributed by atoms with Gasteiger partial charge in [-0.2, -0.15) is 0 Å². The van der Waals surface area contributed by atoms with Gasteiger partial charge in [-0.25, -0.2) is 0 Å². The first-order valence-electron chi connectivity index (χ1n) is 7.85. The van der Waals surface area contributed by atoms with Crippen molar-refractivity contribution in [2.45, 2.75) is 32.6 Å². The summed E-state index contributed by atoms with van der Waals surface area (Å²) < 4.78 is 0. The Morgan fingerprint density at radius 3 is 2.05 bits per heavy atom. The Balaban J connectivity index is 2.08. The van der Waals surface area contributed by atoms with Gasteiger partial charge in [0.25, 0.3) is 0 Å². The number of hydrogen-bond donors (Lipinski definition) is 2. The molecule has 2 aromatic carbocycles. The van der Waals surface area contributed by atoms with Crippen molar-refractivity contribution in [1.82, 2.24) is 5.48 Å². The minimum absolute atomic E-state index is 0.470. The molecule has 22 heavy (non-hydrogen) atoms. The Kier molecular flexibility index (Phi) is 6.16. The smallest absolute Gasteiger partial charge is 0.151 e. The van der Waals surface area contributed by atoms with Gasteiger partial charge in [0.05, 0.1) is 0 Å². The summed E-state index contributed by atoms with van der Waals surface area (Å²) in [5.41, 5.74) is 6.75. The number of unbranched alkanes of at least 4 members (excludes halogenated alkanes) is 2. The molecule has 2 aromatic rings. The third kappa shape index (κ3) is 4.18. The van der Waals surface area contributed by atoms with Crippen molar-refractivity contribution in [2.24, 2.45) is 4.99 Å². The van der Waals surface area contributed by atoms with Crippen LogP contribution in [0.25, 0.3) is 11.1 Å². The van der Waals surface area contributed by atoms with E-state index in [9.17, 15) is 0 Å². The van der Waals surface area contributed by atoms with Gasteiger partial charge in [0.2, 0.25) is 0 Å². The molecule has 0 heterocycles. The first-order valence-corrected chi connectivity index (χ1v) is 7.85. The van der Waals surface area contributed by atoms with Crippen LogP contribution in [-0.2, 0) is 6.42 Å². The van der Waals surface area contributed by atoms with Crippen LogP contribution in [0.3, 0.4) is 0 Å². The van der Waals surface area contributed by atoms with Crippen molar-refractivity contribution in [3.8, 4) is 11.1 Å². The molecular weight excluding hydrogens is 272 g/mol. The fraction of sp³-hybridized carbons (Fsp3) is 0.316. The van der Waals surface area contributed by atoms with Gasteiger partial charge < -0.3 is 0 Å². The summed E-state index contributed by atoms with van der Waals surface area (Å²) in [6.45, 7) is 2.23. The summed E-state index contributed by atoms with van der Waals surface area (Å²) in [6.07, 6.45) is 4.98. The highest BCUT2D eigenvalue weighted by atomic mass is 16.5. The van der Waals surface area contributed by atoms with Crippen molar-refractivity contribution < 1.29 is 5.21 Å². The molecular formula is C19H24N2O. The number of aliphatic imine (C=N–C) groups is 1. The van der Waals surface area contributed by atoms with Crippen LogP contribution in [0.1, 0.15) is 37.3 Å². The second kappa shape index (κ2) is 8.35. The minimum atomic E-state index is 0.470. The molecule has 3 heteroatoms. The van der Waals surface area contributed by atoms with Crippen LogP contribution in [0.4, 0.5) is 0 Å². The Morgan fingerprint density at radius 2 is 1.55 bits per heavy atom. The number of hydroxylamine groups is 1. The van der Waals surface area contributed by atoms with Crippen LogP contribution in [-0.4, -0.2) is 18.1 Å². The van der Waals surface area contributed by atoms with E-state index in [-0.39, 0.29) is 0 Å². The molecule has 0 aliphatic heterocycles. The lowest BCUT2D eigenvalue weighted by Crippen LogP contribution is -2.19. The Bertz CT molecular complexity index is 600. The van der Waals surface area contributed by atoms with Gasteiger partial charge in [-0.1, -0.05) is 68.3 Å². The summed E-state index contributed by atoms with van der Waals surface area (Å²) in [5, 5.41) is 9.00. The average molecular weight is 296 g/mol. The van der Waals surface area contributed by atoms with E-state index in [1.165, 1.54) is 30.4 Å². The van der Waals surface area contributed by atoms with Gasteiger partial charge >= 0.3 is 0 Å². The summed E-state index contributed by atoms with van der Waals surface area (Å²) >= 11 is 0. The molecule has 0 unspecified atom stereocenters. The summed E-state index contributed by atoms with van der Waals surface area (Å²) in [7, 11) is 1.64. The number of benzene rings is 2. The van der Waals surface area contributed by atoms with E-state index >= 15 is 0 Å². The number of nitrogens with zero attached hydrogens (tertiary/aromatic N) is 1. The first kappa shape index (κ1) is 16.2. The predicted molar refractivity (Wildman–Crippen MR) is 92.5 cm³/mol.